The maximum atomic E-state index is 11.6. The lowest BCUT2D eigenvalue weighted by Crippen LogP contribution is -2.31. The van der Waals surface area contributed by atoms with Gasteiger partial charge in [0.2, 0.25) is 0 Å². The molecule has 3 aromatic rings. The standard InChI is InChI=1S/C21H21NO3/c1-24-18-10-6-16(7-11-18)15-21(23,20-5-3-4-14-22-20)17-8-12-19(25-2)13-9-17/h3-14,23H,15H2,1-2H3. The van der Waals surface area contributed by atoms with E-state index in [1.807, 2.05) is 66.7 Å². The Labute approximate surface area is 147 Å². The Balaban J connectivity index is 2.01. The van der Waals surface area contributed by atoms with Crippen molar-refractivity contribution in [3.8, 4) is 11.5 Å². The van der Waals surface area contributed by atoms with Gasteiger partial charge in [0.15, 0.2) is 0 Å². The first-order valence-corrected chi connectivity index (χ1v) is 8.07. The minimum Gasteiger partial charge on any atom is -0.497 e. The first kappa shape index (κ1) is 17.0. The molecule has 1 atom stereocenters. The number of methoxy groups -OCH3 is 2. The highest BCUT2D eigenvalue weighted by Crippen LogP contribution is 2.33. The quantitative estimate of drug-likeness (QED) is 0.748. The largest absolute Gasteiger partial charge is 0.497 e. The van der Waals surface area contributed by atoms with E-state index in [0.717, 1.165) is 22.6 Å². The molecule has 0 radical (unpaired) electrons. The lowest BCUT2D eigenvalue weighted by atomic mass is 9.84. The van der Waals surface area contributed by atoms with Gasteiger partial charge in [0.1, 0.15) is 17.1 Å². The van der Waals surface area contributed by atoms with Crippen molar-refractivity contribution in [3.05, 3.63) is 89.7 Å². The number of nitrogens with zero attached hydrogens (tertiary/aromatic N) is 1. The smallest absolute Gasteiger partial charge is 0.135 e. The second kappa shape index (κ2) is 7.36. The summed E-state index contributed by atoms with van der Waals surface area (Å²) in [6, 6.07) is 20.7. The molecule has 1 N–H and O–H groups in total. The summed E-state index contributed by atoms with van der Waals surface area (Å²) in [5, 5.41) is 11.6. The van der Waals surface area contributed by atoms with Gasteiger partial charge < -0.3 is 14.6 Å². The summed E-state index contributed by atoms with van der Waals surface area (Å²) >= 11 is 0. The summed E-state index contributed by atoms with van der Waals surface area (Å²) in [5.74, 6) is 1.53. The van der Waals surface area contributed by atoms with Crippen LogP contribution in [0.25, 0.3) is 0 Å². The average molecular weight is 335 g/mol. The van der Waals surface area contributed by atoms with Crippen LogP contribution in [0.4, 0.5) is 0 Å². The monoisotopic (exact) mass is 335 g/mol. The topological polar surface area (TPSA) is 51.6 Å². The highest BCUT2D eigenvalue weighted by Gasteiger charge is 2.33. The van der Waals surface area contributed by atoms with Crippen LogP contribution in [0.1, 0.15) is 16.8 Å². The Hall–Kier alpha value is -2.85. The van der Waals surface area contributed by atoms with Crippen LogP contribution in [0.2, 0.25) is 0 Å². The fourth-order valence-corrected chi connectivity index (χ4v) is 2.85. The molecule has 2 aromatic carbocycles. The first-order valence-electron chi connectivity index (χ1n) is 8.07. The number of rotatable bonds is 6. The summed E-state index contributed by atoms with van der Waals surface area (Å²) in [4.78, 5) is 4.39. The molecule has 4 heteroatoms. The third-order valence-electron chi connectivity index (χ3n) is 4.28. The molecule has 0 amide bonds. The van der Waals surface area contributed by atoms with Gasteiger partial charge in [-0.05, 0) is 47.5 Å². The molecule has 128 valence electrons. The lowest BCUT2D eigenvalue weighted by molar-refractivity contribution is 0.0764. The zero-order valence-electron chi connectivity index (χ0n) is 14.3. The number of ether oxygens (including phenoxy) is 2. The molecule has 3 rings (SSSR count). The molecule has 4 nitrogen and oxygen atoms in total. The van der Waals surface area contributed by atoms with E-state index in [4.69, 9.17) is 9.47 Å². The second-order valence-corrected chi connectivity index (χ2v) is 5.83. The van der Waals surface area contributed by atoms with Crippen LogP contribution in [0.5, 0.6) is 11.5 Å². The summed E-state index contributed by atoms with van der Waals surface area (Å²) in [6.45, 7) is 0. The Morgan fingerprint density at radius 2 is 1.44 bits per heavy atom. The van der Waals surface area contributed by atoms with E-state index in [9.17, 15) is 5.11 Å². The number of aliphatic hydroxyl groups is 1. The van der Waals surface area contributed by atoms with E-state index >= 15 is 0 Å². The van der Waals surface area contributed by atoms with Gasteiger partial charge in [-0.15, -0.1) is 0 Å². The third-order valence-corrected chi connectivity index (χ3v) is 4.28. The summed E-state index contributed by atoms with van der Waals surface area (Å²) in [6.07, 6.45) is 2.10. The number of hydrogen-bond acceptors (Lipinski definition) is 4. The molecule has 1 aromatic heterocycles. The van der Waals surface area contributed by atoms with E-state index in [-0.39, 0.29) is 0 Å². The van der Waals surface area contributed by atoms with Crippen molar-refractivity contribution in [1.29, 1.82) is 0 Å². The molecule has 0 fully saturated rings. The van der Waals surface area contributed by atoms with Crippen molar-refractivity contribution in [3.63, 3.8) is 0 Å². The van der Waals surface area contributed by atoms with Gasteiger partial charge in [0.05, 0.1) is 19.9 Å². The zero-order chi connectivity index (χ0) is 17.7. The molecule has 0 bridgehead atoms. The number of aromatic nitrogens is 1. The summed E-state index contributed by atoms with van der Waals surface area (Å²) < 4.78 is 10.4. The highest BCUT2D eigenvalue weighted by molar-refractivity contribution is 5.39. The number of hydrogen-bond donors (Lipinski definition) is 1. The molecule has 0 aliphatic rings. The number of pyridine rings is 1. The first-order chi connectivity index (χ1) is 12.2. The summed E-state index contributed by atoms with van der Waals surface area (Å²) in [7, 11) is 3.26. The van der Waals surface area contributed by atoms with Crippen molar-refractivity contribution in [2.24, 2.45) is 0 Å². The van der Waals surface area contributed by atoms with E-state index in [1.165, 1.54) is 0 Å². The molecule has 0 aliphatic heterocycles. The van der Waals surface area contributed by atoms with E-state index in [2.05, 4.69) is 4.98 Å². The van der Waals surface area contributed by atoms with E-state index < -0.39 is 5.60 Å². The van der Waals surface area contributed by atoms with Crippen molar-refractivity contribution in [2.45, 2.75) is 12.0 Å². The van der Waals surface area contributed by atoms with Crippen LogP contribution in [-0.2, 0) is 12.0 Å². The van der Waals surface area contributed by atoms with Gasteiger partial charge in [0.25, 0.3) is 0 Å². The molecular weight excluding hydrogens is 314 g/mol. The van der Waals surface area contributed by atoms with Gasteiger partial charge in [0, 0.05) is 12.6 Å². The van der Waals surface area contributed by atoms with Crippen LogP contribution in [-0.4, -0.2) is 24.3 Å². The van der Waals surface area contributed by atoms with Gasteiger partial charge in [-0.2, -0.15) is 0 Å². The third kappa shape index (κ3) is 3.64. The van der Waals surface area contributed by atoms with Crippen LogP contribution < -0.4 is 9.47 Å². The highest BCUT2D eigenvalue weighted by atomic mass is 16.5. The van der Waals surface area contributed by atoms with Crippen molar-refractivity contribution in [1.82, 2.24) is 4.98 Å². The fraction of sp³-hybridized carbons (Fsp3) is 0.190. The van der Waals surface area contributed by atoms with Gasteiger partial charge >= 0.3 is 0 Å². The van der Waals surface area contributed by atoms with Gasteiger partial charge in [-0.25, -0.2) is 0 Å². The maximum absolute atomic E-state index is 11.6. The van der Waals surface area contributed by atoms with Gasteiger partial charge in [-0.3, -0.25) is 4.98 Å². The maximum Gasteiger partial charge on any atom is 0.135 e. The minimum absolute atomic E-state index is 0.403. The molecule has 1 unspecified atom stereocenters. The predicted molar refractivity (Wildman–Crippen MR) is 96.9 cm³/mol. The Morgan fingerprint density at radius 3 is 1.96 bits per heavy atom. The minimum atomic E-state index is -1.23. The van der Waals surface area contributed by atoms with E-state index in [0.29, 0.717) is 12.1 Å². The van der Waals surface area contributed by atoms with Crippen molar-refractivity contribution >= 4 is 0 Å². The Kier molecular flexibility index (Phi) is 5.00. The van der Waals surface area contributed by atoms with Crippen LogP contribution in [0.3, 0.4) is 0 Å². The number of benzene rings is 2. The molecule has 0 spiro atoms. The predicted octanol–water partition coefficient (Wildman–Crippen LogP) is 3.58. The zero-order valence-corrected chi connectivity index (χ0v) is 14.3. The van der Waals surface area contributed by atoms with Gasteiger partial charge in [-0.1, -0.05) is 30.3 Å². The van der Waals surface area contributed by atoms with Crippen LogP contribution in [0.15, 0.2) is 72.9 Å². The fourth-order valence-electron chi connectivity index (χ4n) is 2.85. The van der Waals surface area contributed by atoms with Crippen molar-refractivity contribution < 1.29 is 14.6 Å². The van der Waals surface area contributed by atoms with E-state index in [1.54, 1.807) is 20.4 Å². The normalized spacial score (nSPS) is 13.1. The van der Waals surface area contributed by atoms with Crippen LogP contribution in [0, 0.1) is 0 Å². The van der Waals surface area contributed by atoms with Crippen LogP contribution >= 0.6 is 0 Å². The Morgan fingerprint density at radius 1 is 0.840 bits per heavy atom. The summed E-state index contributed by atoms with van der Waals surface area (Å²) in [5.41, 5.74) is 1.13. The SMILES string of the molecule is COc1ccc(CC(O)(c2ccc(OC)cc2)c2ccccn2)cc1. The molecular formula is C21H21NO3. The molecule has 25 heavy (non-hydrogen) atoms. The second-order valence-electron chi connectivity index (χ2n) is 5.83. The molecule has 1 heterocycles. The molecule has 0 saturated carbocycles. The average Bonchev–Trinajstić information content (AvgIpc) is 2.69. The lowest BCUT2D eigenvalue weighted by Gasteiger charge is -2.28. The Bertz CT molecular complexity index is 801. The molecule has 0 aliphatic carbocycles. The van der Waals surface area contributed by atoms with Crippen molar-refractivity contribution in [2.75, 3.05) is 14.2 Å². The molecule has 0 saturated heterocycles.